The molecule has 8 heteroatoms. The van der Waals surface area contributed by atoms with Gasteiger partial charge in [0.2, 0.25) is 0 Å². The van der Waals surface area contributed by atoms with Crippen LogP contribution in [0.4, 0.5) is 4.79 Å². The molecular weight excluding hydrogens is 398 g/mol. The first-order valence-corrected chi connectivity index (χ1v) is 13.1. The number of hydrogen-bond acceptors (Lipinski definition) is 5. The van der Waals surface area contributed by atoms with E-state index < -0.39 is 20.0 Å². The number of amidine groups is 1. The Balaban J connectivity index is 3.30. The van der Waals surface area contributed by atoms with Crippen molar-refractivity contribution in [3.63, 3.8) is 0 Å². The van der Waals surface area contributed by atoms with Gasteiger partial charge in [-0.3, -0.25) is 0 Å². The minimum Gasteiger partial charge on any atom is -0.444 e. The Bertz CT molecular complexity index is 755. The Morgan fingerprint density at radius 1 is 1.30 bits per heavy atom. The lowest BCUT2D eigenvalue weighted by molar-refractivity contribution is 0.0466. The molecule has 4 N–H and O–H groups in total. The van der Waals surface area contributed by atoms with Crippen LogP contribution in [0.3, 0.4) is 0 Å². The van der Waals surface area contributed by atoms with Crippen LogP contribution in [-0.4, -0.2) is 43.2 Å². The second-order valence-corrected chi connectivity index (χ2v) is 15.0. The summed E-state index contributed by atoms with van der Waals surface area (Å²) in [4.78, 5) is 12.5. The highest BCUT2D eigenvalue weighted by molar-refractivity contribution is 6.74. The Hall–Kier alpha value is -2.06. The zero-order chi connectivity index (χ0) is 23.5. The number of carbonyl (C=O) groups excluding carboxylic acids is 1. The highest BCUT2D eigenvalue weighted by atomic mass is 28.4. The summed E-state index contributed by atoms with van der Waals surface area (Å²) >= 11 is 0. The maximum atomic E-state index is 12.5. The van der Waals surface area contributed by atoms with Crippen LogP contribution in [-0.2, 0) is 9.16 Å². The number of nitrogens with zero attached hydrogens (tertiary/aromatic N) is 1. The molecule has 30 heavy (non-hydrogen) atoms. The molecule has 1 unspecified atom stereocenters. The third-order valence-electron chi connectivity index (χ3n) is 5.64. The number of hydrogen-bond donors (Lipinski definition) is 3. The predicted octanol–water partition coefficient (Wildman–Crippen LogP) is 4.85. The molecule has 0 saturated heterocycles. The second kappa shape index (κ2) is 9.39. The highest BCUT2D eigenvalue weighted by Gasteiger charge is 2.44. The monoisotopic (exact) mass is 437 g/mol. The normalized spacial score (nSPS) is 21.6. The Labute approximate surface area is 182 Å². The smallest absolute Gasteiger partial charge is 0.408 e. The molecule has 0 aromatic carbocycles. The van der Waals surface area contributed by atoms with Gasteiger partial charge in [-0.05, 0) is 69.5 Å². The van der Waals surface area contributed by atoms with Crippen molar-refractivity contribution in [3.05, 3.63) is 35.5 Å². The molecule has 1 rings (SSSR count). The topological polar surface area (TPSA) is 106 Å². The molecule has 0 spiro atoms. The van der Waals surface area contributed by atoms with Gasteiger partial charge in [-0.25, -0.2) is 4.79 Å². The van der Waals surface area contributed by atoms with Crippen molar-refractivity contribution in [2.24, 2.45) is 10.9 Å². The van der Waals surface area contributed by atoms with E-state index in [0.29, 0.717) is 12.0 Å². The van der Waals surface area contributed by atoms with Gasteiger partial charge in [-0.2, -0.15) is 0 Å². The van der Waals surface area contributed by atoms with E-state index in [1.807, 2.05) is 33.8 Å². The Morgan fingerprint density at radius 2 is 1.87 bits per heavy atom. The summed E-state index contributed by atoms with van der Waals surface area (Å²) < 4.78 is 12.1. The Morgan fingerprint density at radius 3 is 2.30 bits per heavy atom. The summed E-state index contributed by atoms with van der Waals surface area (Å²) in [6.07, 6.45) is 3.24. The maximum Gasteiger partial charge on any atom is 0.408 e. The molecule has 0 radical (unpaired) electrons. The van der Waals surface area contributed by atoms with E-state index in [2.05, 4.69) is 50.9 Å². The predicted molar refractivity (Wildman–Crippen MR) is 124 cm³/mol. The molecule has 1 aliphatic rings. The number of allylic oxidation sites excluding steroid dienone is 1. The van der Waals surface area contributed by atoms with Crippen LogP contribution in [0.15, 0.2) is 40.6 Å². The maximum absolute atomic E-state index is 12.5. The van der Waals surface area contributed by atoms with Crippen molar-refractivity contribution >= 4 is 20.2 Å². The van der Waals surface area contributed by atoms with Crippen molar-refractivity contribution < 1.29 is 19.2 Å². The van der Waals surface area contributed by atoms with Crippen LogP contribution in [0.2, 0.25) is 18.1 Å². The summed E-state index contributed by atoms with van der Waals surface area (Å²) in [7, 11) is -2.09. The minimum atomic E-state index is -2.09. The number of ether oxygens (including phenoxy) is 1. The summed E-state index contributed by atoms with van der Waals surface area (Å²) in [6, 6.07) is -0.335. The van der Waals surface area contributed by atoms with E-state index in [0.717, 1.165) is 11.1 Å². The SMILES string of the molecule is C=C/C(=C\C1=C(C)[C@H](NC(=O)OC(C)(C)C)C(O[Si](C)(C)C(C)(C)C)C1)C(N)=NO. The van der Waals surface area contributed by atoms with Crippen molar-refractivity contribution in [2.45, 2.75) is 90.8 Å². The van der Waals surface area contributed by atoms with Crippen LogP contribution < -0.4 is 11.1 Å². The molecule has 1 aliphatic carbocycles. The van der Waals surface area contributed by atoms with Gasteiger partial charge in [0, 0.05) is 5.57 Å². The zero-order valence-electron chi connectivity index (χ0n) is 19.9. The quantitative estimate of drug-likeness (QED) is 0.138. The van der Waals surface area contributed by atoms with Crippen LogP contribution in [0.25, 0.3) is 0 Å². The van der Waals surface area contributed by atoms with Crippen molar-refractivity contribution in [2.75, 3.05) is 0 Å². The number of amides is 1. The molecule has 0 aromatic heterocycles. The number of oxime groups is 1. The molecule has 0 aliphatic heterocycles. The van der Waals surface area contributed by atoms with Gasteiger partial charge >= 0.3 is 6.09 Å². The van der Waals surface area contributed by atoms with Crippen LogP contribution in [0.1, 0.15) is 54.9 Å². The first kappa shape index (κ1) is 26.0. The van der Waals surface area contributed by atoms with E-state index >= 15 is 0 Å². The standard InChI is InChI=1S/C22H39N3O4Si/c1-11-15(19(23)25-27)12-16-13-17(29-30(9,10)22(6,7)8)18(14(16)2)24-20(26)28-21(3,4)5/h11-12,17-18,27H,1,13H2,2-10H3,(H2,23,25)(H,24,26)/b15-12+/t17?,18-/m0/s1. The molecule has 0 aromatic rings. The third kappa shape index (κ3) is 6.73. The van der Waals surface area contributed by atoms with E-state index in [1.54, 1.807) is 0 Å². The summed E-state index contributed by atoms with van der Waals surface area (Å²) in [5.41, 5.74) is 7.58. The fourth-order valence-corrected chi connectivity index (χ4v) is 4.26. The summed E-state index contributed by atoms with van der Waals surface area (Å²) in [5, 5.41) is 15.1. The van der Waals surface area contributed by atoms with E-state index in [9.17, 15) is 4.79 Å². The lowest BCUT2D eigenvalue weighted by Crippen LogP contribution is -2.51. The van der Waals surface area contributed by atoms with Crippen LogP contribution in [0, 0.1) is 0 Å². The zero-order valence-corrected chi connectivity index (χ0v) is 20.9. The van der Waals surface area contributed by atoms with Gasteiger partial charge < -0.3 is 25.4 Å². The van der Waals surface area contributed by atoms with E-state index in [-0.39, 0.29) is 23.0 Å². The largest absolute Gasteiger partial charge is 0.444 e. The van der Waals surface area contributed by atoms with E-state index in [1.165, 1.54) is 6.08 Å². The first-order valence-electron chi connectivity index (χ1n) is 10.2. The molecule has 0 saturated carbocycles. The lowest BCUT2D eigenvalue weighted by Gasteiger charge is -2.40. The molecule has 0 fully saturated rings. The van der Waals surface area contributed by atoms with Gasteiger partial charge in [0.1, 0.15) is 5.60 Å². The summed E-state index contributed by atoms with van der Waals surface area (Å²) in [6.45, 7) is 22.1. The van der Waals surface area contributed by atoms with E-state index in [4.69, 9.17) is 20.1 Å². The molecule has 2 atom stereocenters. The van der Waals surface area contributed by atoms with Gasteiger partial charge in [-0.1, -0.05) is 38.6 Å². The summed E-state index contributed by atoms with van der Waals surface area (Å²) in [5.74, 6) is -0.0179. The molecule has 1 amide bonds. The third-order valence-corrected chi connectivity index (χ3v) is 10.1. The molecule has 0 bridgehead atoms. The van der Waals surface area contributed by atoms with Crippen LogP contribution >= 0.6 is 0 Å². The fraction of sp³-hybridized carbons (Fsp3) is 0.636. The average Bonchev–Trinajstić information content (AvgIpc) is 2.84. The fourth-order valence-electron chi connectivity index (χ4n) is 2.93. The Kier molecular flexibility index (Phi) is 8.13. The molecule has 0 heterocycles. The van der Waals surface area contributed by atoms with Crippen molar-refractivity contribution in [1.82, 2.24) is 5.32 Å². The van der Waals surface area contributed by atoms with Crippen LogP contribution in [0.5, 0.6) is 0 Å². The van der Waals surface area contributed by atoms with Gasteiger partial charge in [-0.15, -0.1) is 0 Å². The minimum absolute atomic E-state index is 0.0179. The van der Waals surface area contributed by atoms with Crippen molar-refractivity contribution in [3.8, 4) is 0 Å². The second-order valence-electron chi connectivity index (χ2n) is 10.2. The average molecular weight is 438 g/mol. The number of nitrogens with one attached hydrogen (secondary N) is 1. The molecule has 7 nitrogen and oxygen atoms in total. The van der Waals surface area contributed by atoms with Gasteiger partial charge in [0.25, 0.3) is 0 Å². The molecular formula is C22H39N3O4Si. The lowest BCUT2D eigenvalue weighted by atomic mass is 10.1. The first-order chi connectivity index (χ1) is 13.5. The number of carbonyl (C=O) groups is 1. The van der Waals surface area contributed by atoms with Gasteiger partial charge in [0.15, 0.2) is 14.2 Å². The highest BCUT2D eigenvalue weighted by Crippen LogP contribution is 2.41. The van der Waals surface area contributed by atoms with Gasteiger partial charge in [0.05, 0.1) is 12.1 Å². The van der Waals surface area contributed by atoms with Crippen molar-refractivity contribution in [1.29, 1.82) is 0 Å². The number of alkyl carbamates (subject to hydrolysis) is 1. The number of rotatable bonds is 6. The molecule has 170 valence electrons. The number of nitrogens with two attached hydrogens (primary N) is 1.